The van der Waals surface area contributed by atoms with E-state index in [0.717, 1.165) is 19.6 Å². The molecule has 0 saturated carbocycles. The molecule has 0 heterocycles. The Kier molecular flexibility index (Phi) is 5.63. The fourth-order valence-electron chi connectivity index (χ4n) is 1.48. The van der Waals surface area contributed by atoms with E-state index >= 15 is 0 Å². The van der Waals surface area contributed by atoms with Gasteiger partial charge in [-0.1, -0.05) is 19.9 Å². The van der Waals surface area contributed by atoms with Gasteiger partial charge in [0.2, 0.25) is 0 Å². The molecule has 0 spiro atoms. The van der Waals surface area contributed by atoms with Gasteiger partial charge in [-0.25, -0.2) is 4.39 Å². The van der Waals surface area contributed by atoms with Gasteiger partial charge < -0.3 is 4.90 Å². The molecule has 0 saturated heterocycles. The van der Waals surface area contributed by atoms with Crippen LogP contribution in [0, 0.1) is 5.82 Å². The van der Waals surface area contributed by atoms with Crippen LogP contribution < -0.4 is 0 Å². The lowest BCUT2D eigenvalue weighted by atomic mass is 10.4. The maximum absolute atomic E-state index is 12.9. The number of hydrogen-bond acceptors (Lipinski definition) is 2. The van der Waals surface area contributed by atoms with Crippen LogP contribution in [0.1, 0.15) is 13.8 Å². The molecule has 1 aromatic rings. The number of benzene rings is 1. The average molecular weight is 243 g/mol. The highest BCUT2D eigenvalue weighted by atomic mass is 32.2. The van der Waals surface area contributed by atoms with Crippen molar-refractivity contribution in [2.75, 3.05) is 25.4 Å². The second-order valence-corrected chi connectivity index (χ2v) is 5.10. The monoisotopic (exact) mass is 243 g/mol. The standard InChI is InChI=1S/C12H18FNOS/c1-3-14(4-2)8-9-16(15)12-7-5-6-11(13)10-12/h5-7,10H,3-4,8-9H2,1-2H3. The Morgan fingerprint density at radius 3 is 2.56 bits per heavy atom. The minimum Gasteiger partial charge on any atom is -0.303 e. The molecule has 1 rings (SSSR count). The van der Waals surface area contributed by atoms with Crippen molar-refractivity contribution in [3.8, 4) is 0 Å². The smallest absolute Gasteiger partial charge is 0.124 e. The lowest BCUT2D eigenvalue weighted by Crippen LogP contribution is -2.27. The van der Waals surface area contributed by atoms with Gasteiger partial charge in [-0.3, -0.25) is 4.21 Å². The quantitative estimate of drug-likeness (QED) is 0.764. The van der Waals surface area contributed by atoms with Crippen LogP contribution in [-0.4, -0.2) is 34.5 Å². The molecule has 0 aromatic heterocycles. The molecule has 0 amide bonds. The van der Waals surface area contributed by atoms with Crippen LogP contribution in [0.4, 0.5) is 4.39 Å². The molecule has 0 bridgehead atoms. The molecule has 1 aromatic carbocycles. The van der Waals surface area contributed by atoms with E-state index in [0.29, 0.717) is 10.6 Å². The third-order valence-electron chi connectivity index (χ3n) is 2.55. The molecule has 0 aliphatic heterocycles. The fourth-order valence-corrected chi connectivity index (χ4v) is 2.61. The summed E-state index contributed by atoms with van der Waals surface area (Å²) in [5, 5.41) is 0. The predicted molar refractivity (Wildman–Crippen MR) is 65.5 cm³/mol. The number of rotatable bonds is 6. The molecular weight excluding hydrogens is 225 g/mol. The van der Waals surface area contributed by atoms with E-state index in [9.17, 15) is 8.60 Å². The number of halogens is 1. The van der Waals surface area contributed by atoms with Crippen molar-refractivity contribution >= 4 is 10.8 Å². The summed E-state index contributed by atoms with van der Waals surface area (Å²) in [6.45, 7) is 6.85. The fraction of sp³-hybridized carbons (Fsp3) is 0.500. The van der Waals surface area contributed by atoms with Crippen LogP contribution in [0.25, 0.3) is 0 Å². The van der Waals surface area contributed by atoms with Crippen molar-refractivity contribution in [2.45, 2.75) is 18.7 Å². The number of hydrogen-bond donors (Lipinski definition) is 0. The summed E-state index contributed by atoms with van der Waals surface area (Å²) < 4.78 is 24.8. The summed E-state index contributed by atoms with van der Waals surface area (Å²) in [5.74, 6) is 0.235. The highest BCUT2D eigenvalue weighted by Gasteiger charge is 2.07. The summed E-state index contributed by atoms with van der Waals surface area (Å²) in [6.07, 6.45) is 0. The van der Waals surface area contributed by atoms with E-state index < -0.39 is 10.8 Å². The molecule has 1 unspecified atom stereocenters. The third-order valence-corrected chi connectivity index (χ3v) is 3.88. The minimum absolute atomic E-state index is 0.325. The summed E-state index contributed by atoms with van der Waals surface area (Å²) in [5.41, 5.74) is 0. The predicted octanol–water partition coefficient (Wildman–Crippen LogP) is 2.28. The lowest BCUT2D eigenvalue weighted by Gasteiger charge is -2.17. The van der Waals surface area contributed by atoms with Gasteiger partial charge in [0.25, 0.3) is 0 Å². The second kappa shape index (κ2) is 6.76. The van der Waals surface area contributed by atoms with E-state index in [1.54, 1.807) is 12.1 Å². The van der Waals surface area contributed by atoms with Gasteiger partial charge in [-0.05, 0) is 31.3 Å². The van der Waals surface area contributed by atoms with E-state index in [-0.39, 0.29) is 5.82 Å². The maximum atomic E-state index is 12.9. The van der Waals surface area contributed by atoms with Gasteiger partial charge in [0.15, 0.2) is 0 Å². The van der Waals surface area contributed by atoms with Crippen LogP contribution >= 0.6 is 0 Å². The Hall–Kier alpha value is -0.740. The Bertz CT molecular complexity index is 353. The first-order valence-electron chi connectivity index (χ1n) is 5.53. The van der Waals surface area contributed by atoms with Gasteiger partial charge in [0, 0.05) is 17.2 Å². The molecule has 0 aliphatic carbocycles. The molecule has 1 atom stereocenters. The topological polar surface area (TPSA) is 20.3 Å². The third kappa shape index (κ3) is 4.02. The van der Waals surface area contributed by atoms with E-state index in [4.69, 9.17) is 0 Å². The van der Waals surface area contributed by atoms with Crippen molar-refractivity contribution in [1.29, 1.82) is 0 Å². The van der Waals surface area contributed by atoms with Gasteiger partial charge in [0.1, 0.15) is 5.82 Å². The summed E-state index contributed by atoms with van der Waals surface area (Å²) in [6, 6.07) is 6.02. The number of nitrogens with zero attached hydrogens (tertiary/aromatic N) is 1. The Morgan fingerprint density at radius 1 is 1.31 bits per heavy atom. The zero-order valence-corrected chi connectivity index (χ0v) is 10.6. The van der Waals surface area contributed by atoms with Gasteiger partial charge in [-0.2, -0.15) is 0 Å². The zero-order valence-electron chi connectivity index (χ0n) is 9.78. The molecule has 2 nitrogen and oxygen atoms in total. The van der Waals surface area contributed by atoms with E-state index in [1.165, 1.54) is 12.1 Å². The van der Waals surface area contributed by atoms with Gasteiger partial charge >= 0.3 is 0 Å². The minimum atomic E-state index is -1.10. The molecule has 90 valence electrons. The van der Waals surface area contributed by atoms with Gasteiger partial charge in [0.05, 0.1) is 10.8 Å². The van der Waals surface area contributed by atoms with Crippen LogP contribution in [0.5, 0.6) is 0 Å². The first-order valence-corrected chi connectivity index (χ1v) is 6.85. The average Bonchev–Trinajstić information content (AvgIpc) is 2.30. The van der Waals surface area contributed by atoms with E-state index in [1.807, 2.05) is 0 Å². The summed E-state index contributed by atoms with van der Waals surface area (Å²) >= 11 is 0. The van der Waals surface area contributed by atoms with Crippen LogP contribution in [0.3, 0.4) is 0 Å². The zero-order chi connectivity index (χ0) is 12.0. The van der Waals surface area contributed by atoms with E-state index in [2.05, 4.69) is 18.7 Å². The van der Waals surface area contributed by atoms with Crippen molar-refractivity contribution in [2.24, 2.45) is 0 Å². The van der Waals surface area contributed by atoms with Crippen molar-refractivity contribution < 1.29 is 8.60 Å². The molecule has 0 fully saturated rings. The highest BCUT2D eigenvalue weighted by Crippen LogP contribution is 2.09. The van der Waals surface area contributed by atoms with Crippen LogP contribution in [0.2, 0.25) is 0 Å². The Morgan fingerprint density at radius 2 is 2.00 bits per heavy atom. The largest absolute Gasteiger partial charge is 0.303 e. The molecule has 0 radical (unpaired) electrons. The van der Waals surface area contributed by atoms with Gasteiger partial charge in [-0.15, -0.1) is 0 Å². The second-order valence-electron chi connectivity index (χ2n) is 3.53. The van der Waals surface area contributed by atoms with Crippen LogP contribution in [-0.2, 0) is 10.8 Å². The normalized spacial score (nSPS) is 13.0. The molecule has 0 aliphatic rings. The first kappa shape index (κ1) is 13.3. The first-order chi connectivity index (χ1) is 7.67. The van der Waals surface area contributed by atoms with Crippen molar-refractivity contribution in [3.63, 3.8) is 0 Å². The molecule has 4 heteroatoms. The highest BCUT2D eigenvalue weighted by molar-refractivity contribution is 7.85. The van der Waals surface area contributed by atoms with Crippen molar-refractivity contribution in [3.05, 3.63) is 30.1 Å². The lowest BCUT2D eigenvalue weighted by molar-refractivity contribution is 0.323. The molecule has 16 heavy (non-hydrogen) atoms. The Balaban J connectivity index is 2.52. The maximum Gasteiger partial charge on any atom is 0.124 e. The SMILES string of the molecule is CCN(CC)CCS(=O)c1cccc(F)c1. The molecule has 0 N–H and O–H groups in total. The summed E-state index contributed by atoms with van der Waals surface area (Å²) in [7, 11) is -1.10. The van der Waals surface area contributed by atoms with Crippen molar-refractivity contribution in [1.82, 2.24) is 4.90 Å². The Labute approximate surface area is 98.9 Å². The summed E-state index contributed by atoms with van der Waals surface area (Å²) in [4.78, 5) is 2.78. The molecular formula is C12H18FNOS. The van der Waals surface area contributed by atoms with Crippen LogP contribution in [0.15, 0.2) is 29.2 Å².